The average Bonchev–Trinajstić information content (AvgIpc) is 1.53. The van der Waals surface area contributed by atoms with Gasteiger partial charge in [-0.2, -0.15) is 0 Å². The van der Waals surface area contributed by atoms with Gasteiger partial charge in [-0.05, 0) is 150 Å². The Morgan fingerprint density at radius 2 is 0.714 bits per heavy atom. The largest absolute Gasteiger partial charge is 0.387 e. The molecule has 6 saturated heterocycles. The van der Waals surface area contributed by atoms with Crippen molar-refractivity contribution in [1.29, 1.82) is 0 Å². The zero-order chi connectivity index (χ0) is 87.0. The van der Waals surface area contributed by atoms with Crippen LogP contribution in [-0.2, 0) is 28.4 Å². The first kappa shape index (κ1) is 90.8. The number of halogens is 1. The highest BCUT2D eigenvalue weighted by Crippen LogP contribution is 2.52. The van der Waals surface area contributed by atoms with Crippen LogP contribution in [0.5, 0.6) is 0 Å². The zero-order valence-electron chi connectivity index (χ0n) is 69.3. The molecular formula is C74H115FN25O14P5. The predicted octanol–water partition coefficient (Wildman–Crippen LogP) is 3.19. The second kappa shape index (κ2) is 34.4. The van der Waals surface area contributed by atoms with Gasteiger partial charge in [0.15, 0.2) is 94.6 Å². The second-order valence-electron chi connectivity index (χ2n) is 35.5. The van der Waals surface area contributed by atoms with E-state index in [1.807, 2.05) is 6.92 Å². The third kappa shape index (κ3) is 19.4. The number of aromatic nitrogens is 20. The minimum absolute atomic E-state index is 0.225. The molecule has 6 aliphatic heterocycles. The molecule has 10 aromatic heterocycles. The van der Waals surface area contributed by atoms with E-state index in [0.717, 1.165) is 37.2 Å². The van der Waals surface area contributed by atoms with Crippen LogP contribution in [0.2, 0.25) is 0 Å². The predicted molar refractivity (Wildman–Crippen MR) is 471 cm³/mol. The Morgan fingerprint density at radius 1 is 0.395 bits per heavy atom. The van der Waals surface area contributed by atoms with Gasteiger partial charge in [0.25, 0.3) is 0 Å². The van der Waals surface area contributed by atoms with E-state index in [4.69, 9.17) is 57.1 Å². The van der Waals surface area contributed by atoms with Gasteiger partial charge in [0.1, 0.15) is 119 Å². The molecule has 5 unspecified atom stereocenters. The Kier molecular flexibility index (Phi) is 26.2. The average molecular weight is 1750 g/mol. The van der Waals surface area contributed by atoms with Crippen LogP contribution in [0.4, 0.5) is 33.5 Å². The number of anilines is 5. The van der Waals surface area contributed by atoms with Crippen molar-refractivity contribution in [2.45, 2.75) is 174 Å². The molecule has 16 rings (SSSR count). The maximum Gasteiger partial charge on any atom is 0.173 e. The first-order chi connectivity index (χ1) is 55.4. The first-order valence-corrected chi connectivity index (χ1v) is 53.8. The lowest BCUT2D eigenvalue weighted by atomic mass is 9.95. The van der Waals surface area contributed by atoms with Crippen LogP contribution in [0, 0.1) is 0 Å². The van der Waals surface area contributed by atoms with Gasteiger partial charge in [-0.3, -0.25) is 22.8 Å². The van der Waals surface area contributed by atoms with E-state index in [9.17, 15) is 45.2 Å². The Bertz CT molecular complexity index is 5340. The van der Waals surface area contributed by atoms with Gasteiger partial charge in [-0.25, -0.2) is 79.2 Å². The van der Waals surface area contributed by atoms with Gasteiger partial charge >= 0.3 is 0 Å². The fourth-order valence-corrected chi connectivity index (χ4v) is 19.9. The van der Waals surface area contributed by atoms with Crippen molar-refractivity contribution < 1.29 is 73.7 Å². The van der Waals surface area contributed by atoms with E-state index in [1.54, 1.807) is 38.4 Å². The molecule has 39 nitrogen and oxygen atoms in total. The highest BCUT2D eigenvalue weighted by Gasteiger charge is 2.62. The maximum atomic E-state index is 14.5. The van der Waals surface area contributed by atoms with Gasteiger partial charge in [0.05, 0.1) is 62.2 Å². The summed E-state index contributed by atoms with van der Waals surface area (Å²) in [5.41, 5.74) is 29.1. The number of hydrogen-bond donors (Lipinski definition) is 13. The van der Waals surface area contributed by atoms with Crippen molar-refractivity contribution in [3.8, 4) is 0 Å². The molecule has 16 heterocycles. The van der Waals surface area contributed by atoms with Crippen LogP contribution in [0.1, 0.15) is 84.0 Å². The van der Waals surface area contributed by atoms with Crippen LogP contribution in [0.3, 0.4) is 0 Å². The number of alkyl halides is 1. The molecule has 2 bridgehead atoms. The second-order valence-corrected chi connectivity index (χ2v) is 57.1. The summed E-state index contributed by atoms with van der Waals surface area (Å²) in [6, 6.07) is 0. The lowest BCUT2D eigenvalue weighted by Gasteiger charge is -2.32. The molecule has 0 radical (unpaired) electrons. The van der Waals surface area contributed by atoms with Gasteiger partial charge in [-0.15, -0.1) is 65.9 Å². The monoisotopic (exact) mass is 1750 g/mol. The van der Waals surface area contributed by atoms with Gasteiger partial charge in [-0.1, -0.05) is 0 Å². The van der Waals surface area contributed by atoms with E-state index in [0.29, 0.717) is 93.9 Å². The lowest BCUT2D eigenvalue weighted by Crippen LogP contribution is -2.43. The van der Waals surface area contributed by atoms with Crippen LogP contribution in [0.15, 0.2) is 63.3 Å². The van der Waals surface area contributed by atoms with E-state index in [2.05, 4.69) is 173 Å². The summed E-state index contributed by atoms with van der Waals surface area (Å²) in [5.74, 6) is 1.33. The number of rotatable bonds is 20. The third-order valence-corrected chi connectivity index (χ3v) is 29.4. The Hall–Kier alpha value is -7.38. The molecule has 6 aliphatic rings. The Balaban J connectivity index is 0.000000137. The molecule has 20 atom stereocenters. The number of nitrogens with two attached hydrogens (primary N) is 5. The van der Waals surface area contributed by atoms with Crippen molar-refractivity contribution in [2.75, 3.05) is 133 Å². The molecule has 0 saturated carbocycles. The number of aliphatic hydroxyl groups excluding tert-OH is 6. The van der Waals surface area contributed by atoms with E-state index in [1.165, 1.54) is 61.5 Å². The minimum Gasteiger partial charge on any atom is -0.387 e. The maximum absolute atomic E-state index is 14.5. The number of ether oxygens (including phenoxy) is 6. The van der Waals surface area contributed by atoms with Crippen LogP contribution in [-0.4, -0.2) is 364 Å². The molecule has 652 valence electrons. The normalized spacial score (nSPS) is 30.8. The van der Waals surface area contributed by atoms with Gasteiger partial charge in [0, 0.05) is 0 Å². The number of nitrogen functional groups attached to an aromatic ring is 5. The van der Waals surface area contributed by atoms with Crippen LogP contribution >= 0.6 is 34.4 Å². The molecule has 119 heavy (non-hydrogen) atoms. The van der Waals surface area contributed by atoms with Crippen LogP contribution in [0.25, 0.3) is 55.8 Å². The SMILES string of the molecule is C=P(C)(C)CC[C@@]1(C)OC(n2cnc3c(N)ncnc32)[C@H](O)[C@@H]1O.C=P(C)(C)CC[C@@]12CO[C@@H](C(n3cnc4c(N)ncnc43)O1)[C@@H]2O.C=P(C)(C)CC[C@H]1OC(n2cnc3c(N)ncnc32)[C@@](C)(O)[C@@H]1O.C=P(C)(C)CC[C@H]1OC(n2cnc3c(N)ncnc32)[C@H](F)[C@@H]1O.C=P(C)(C)CC[C@H]1OC(n2cnc3c(N)ncnc32)[C@](C)(O)[C@@H]1O. The molecular weight excluding hydrogens is 1640 g/mol. The minimum atomic E-state index is -1.56. The highest BCUT2D eigenvalue weighted by molar-refractivity contribution is 7.73. The molecule has 18 N–H and O–H groups in total. The molecule has 0 spiro atoms. The summed E-state index contributed by atoms with van der Waals surface area (Å²) in [6.45, 7) is 20.5. The lowest BCUT2D eigenvalue weighted by molar-refractivity contribution is -0.172. The number of imidazole rings is 5. The quantitative estimate of drug-likeness (QED) is 0.0487. The Morgan fingerprint density at radius 3 is 1.08 bits per heavy atom. The smallest absolute Gasteiger partial charge is 0.173 e. The van der Waals surface area contributed by atoms with Gasteiger partial charge in [0.2, 0.25) is 0 Å². The standard InChI is InChI=1S/C15H22N5O3P.3C15H24N5O3P.C14H21FN5O2P/c1-24(2,3)5-4-15-6-22-10(11(15)21)14(23-15)20-8-19-9-12(16)17-7-18-13(9)20;1-15(5-6-24(2,3)4)11(22)10(21)14(23-15)20-8-19-9-12(16)17-7-18-13(9)20;2*1-15(22)11(21)9(5-6-24(2,3)4)23-14(15)20-8-19-10-12(16)17-7-18-13(10)20;1-23(2,3)5-4-8-11(21)9(15)14(22-8)20-7-19-10-12(16)17-6-18-13(10)20/h7-8,10-11,14,21H,1,4-6H2,2-3H3,(H2,16,17,18);7-8,10-11,14,21-22H,2,5-6H2,1,3-4H3,(H2,16,17,18);2*7-9,11,14,21-22H,2,5-6H2,1,3-4H3,(H2,16,17,18);6-9,11,14,21H,1,4-5H2,2-3H3,(H2,16,17,18)/t10-,11+,14?,15+;10-,11+,14?,15-;9-,11-,14?,15+;9-,11-,14?,15-;8-,9-,11-,14?/m11111/s1. The fraction of sp³-hybridized carbons (Fsp3) is 0.595. The van der Waals surface area contributed by atoms with Crippen molar-refractivity contribution in [3.63, 3.8) is 0 Å². The number of fused-ring (bicyclic) bond motifs is 7. The summed E-state index contributed by atoms with van der Waals surface area (Å²) in [4.78, 5) is 61.4. The number of hydrogen-bond acceptors (Lipinski definition) is 34. The Labute approximate surface area is 688 Å². The first-order valence-electron chi connectivity index (χ1n) is 38.6. The van der Waals surface area contributed by atoms with Crippen molar-refractivity contribution >= 4 is 151 Å². The third-order valence-electron chi connectivity index (χ3n) is 22.1. The molecule has 0 aromatic carbocycles. The topological polar surface area (TPSA) is 565 Å². The van der Waals surface area contributed by atoms with Crippen molar-refractivity contribution in [3.05, 3.63) is 63.3 Å². The highest BCUT2D eigenvalue weighted by atomic mass is 31.2. The summed E-state index contributed by atoms with van der Waals surface area (Å²) in [5, 5.41) is 84.6. The van der Waals surface area contributed by atoms with E-state index < -0.39 is 155 Å². The van der Waals surface area contributed by atoms with E-state index in [-0.39, 0.29) is 23.3 Å². The molecule has 0 amide bonds. The van der Waals surface area contributed by atoms with E-state index >= 15 is 0 Å². The molecule has 6 fully saturated rings. The molecule has 45 heteroatoms. The van der Waals surface area contributed by atoms with Crippen LogP contribution < -0.4 is 28.7 Å². The molecule has 10 aromatic rings. The summed E-state index contributed by atoms with van der Waals surface area (Å²) in [7, 11) is 0. The number of nitrogens with zero attached hydrogens (tertiary/aromatic N) is 20. The van der Waals surface area contributed by atoms with Gasteiger partial charge < -0.3 is 97.9 Å². The fourth-order valence-electron chi connectivity index (χ4n) is 15.0. The van der Waals surface area contributed by atoms with Crippen molar-refractivity contribution in [1.82, 2.24) is 97.6 Å². The number of aliphatic hydroxyl groups is 8. The summed E-state index contributed by atoms with van der Waals surface area (Å²) < 4.78 is 58.5. The van der Waals surface area contributed by atoms with Crippen molar-refractivity contribution in [2.24, 2.45) is 0 Å². The zero-order valence-corrected chi connectivity index (χ0v) is 73.8. The molecule has 0 aliphatic carbocycles. The summed E-state index contributed by atoms with van der Waals surface area (Å²) in [6.07, 6.45) is 29.4. The summed E-state index contributed by atoms with van der Waals surface area (Å²) >= 11 is 0.